The van der Waals surface area contributed by atoms with E-state index in [0.29, 0.717) is 13.0 Å². The monoisotopic (exact) mass is 178 g/mol. The predicted molar refractivity (Wildman–Crippen MR) is 44.2 cm³/mol. The maximum absolute atomic E-state index is 13.2. The second kappa shape index (κ2) is 3.66. The van der Waals surface area contributed by atoms with E-state index in [1.807, 2.05) is 11.9 Å². The quantitative estimate of drug-likeness (QED) is 0.696. The van der Waals surface area contributed by atoms with Crippen molar-refractivity contribution in [3.8, 4) is 0 Å². The predicted octanol–water partition coefficient (Wildman–Crippen LogP) is 0.922. The topological polar surface area (TPSA) is 29.3 Å². The van der Waals surface area contributed by atoms with E-state index >= 15 is 0 Å². The lowest BCUT2D eigenvalue weighted by atomic mass is 9.98. The van der Waals surface area contributed by atoms with Gasteiger partial charge in [0.1, 0.15) is 0 Å². The molecule has 1 saturated heterocycles. The molecule has 1 rings (SSSR count). The zero-order valence-electron chi connectivity index (χ0n) is 7.39. The molecule has 1 aliphatic heterocycles. The minimum Gasteiger partial charge on any atom is -0.330 e. The lowest BCUT2D eigenvalue weighted by molar-refractivity contribution is -0.0583. The lowest BCUT2D eigenvalue weighted by Crippen LogP contribution is -2.32. The number of nitrogens with zero attached hydrogens (tertiary/aromatic N) is 1. The summed E-state index contributed by atoms with van der Waals surface area (Å²) in [5.41, 5.74) is 5.12. The van der Waals surface area contributed by atoms with Gasteiger partial charge in [-0.25, -0.2) is 8.78 Å². The number of halogens is 2. The van der Waals surface area contributed by atoms with E-state index in [2.05, 4.69) is 0 Å². The zero-order chi connectivity index (χ0) is 9.19. The Labute approximate surface area is 71.7 Å². The van der Waals surface area contributed by atoms with Gasteiger partial charge in [0.15, 0.2) is 0 Å². The first kappa shape index (κ1) is 9.86. The normalized spacial score (nSPS) is 26.5. The first-order chi connectivity index (χ1) is 5.56. The fourth-order valence-electron chi connectivity index (χ4n) is 1.68. The molecule has 0 radical (unpaired) electrons. The molecule has 0 aromatic rings. The van der Waals surface area contributed by atoms with Crippen molar-refractivity contribution in [2.45, 2.75) is 18.8 Å². The van der Waals surface area contributed by atoms with Crippen LogP contribution in [-0.4, -0.2) is 37.5 Å². The molecule has 1 aliphatic rings. The average molecular weight is 178 g/mol. The number of rotatable bonds is 3. The highest BCUT2D eigenvalue weighted by atomic mass is 19.3. The highest BCUT2D eigenvalue weighted by molar-refractivity contribution is 4.84. The molecule has 0 amide bonds. The van der Waals surface area contributed by atoms with Gasteiger partial charge in [0.25, 0.3) is 5.92 Å². The van der Waals surface area contributed by atoms with Gasteiger partial charge < -0.3 is 10.6 Å². The van der Waals surface area contributed by atoms with E-state index in [1.165, 1.54) is 0 Å². The Bertz CT molecular complexity index is 150. The van der Waals surface area contributed by atoms with Crippen LogP contribution in [0.3, 0.4) is 0 Å². The van der Waals surface area contributed by atoms with E-state index in [0.717, 1.165) is 6.54 Å². The molecule has 2 N–H and O–H groups in total. The summed E-state index contributed by atoms with van der Waals surface area (Å²) in [7, 11) is 1.87. The third-order valence-electron chi connectivity index (χ3n) is 2.47. The molecule has 1 heterocycles. The van der Waals surface area contributed by atoms with Gasteiger partial charge in [0.05, 0.1) is 0 Å². The Hall–Kier alpha value is -0.220. The second-order valence-electron chi connectivity index (χ2n) is 3.55. The minimum absolute atomic E-state index is 0.0766. The van der Waals surface area contributed by atoms with E-state index in [-0.39, 0.29) is 13.0 Å². The molecule has 0 bridgehead atoms. The number of alkyl halides is 2. The highest BCUT2D eigenvalue weighted by Crippen LogP contribution is 2.33. The van der Waals surface area contributed by atoms with Crippen molar-refractivity contribution < 1.29 is 8.78 Å². The van der Waals surface area contributed by atoms with Crippen LogP contribution in [0.1, 0.15) is 12.8 Å². The van der Waals surface area contributed by atoms with Gasteiger partial charge in [0.2, 0.25) is 0 Å². The van der Waals surface area contributed by atoms with E-state index in [9.17, 15) is 8.78 Å². The molecule has 0 saturated carbocycles. The van der Waals surface area contributed by atoms with Crippen LogP contribution in [0.4, 0.5) is 8.78 Å². The van der Waals surface area contributed by atoms with Crippen LogP contribution >= 0.6 is 0 Å². The van der Waals surface area contributed by atoms with Gasteiger partial charge in [0, 0.05) is 18.9 Å². The Morgan fingerprint density at radius 3 is 2.67 bits per heavy atom. The molecule has 72 valence electrons. The highest BCUT2D eigenvalue weighted by Gasteiger charge is 2.41. The fraction of sp³-hybridized carbons (Fsp3) is 1.00. The van der Waals surface area contributed by atoms with Gasteiger partial charge >= 0.3 is 0 Å². The van der Waals surface area contributed by atoms with Crippen molar-refractivity contribution in [1.82, 2.24) is 4.90 Å². The summed E-state index contributed by atoms with van der Waals surface area (Å²) in [5.74, 6) is -3.04. The molecule has 0 aromatic carbocycles. The van der Waals surface area contributed by atoms with Gasteiger partial charge in [-0.15, -0.1) is 0 Å². The van der Waals surface area contributed by atoms with Crippen LogP contribution in [0.15, 0.2) is 0 Å². The Balaban J connectivity index is 2.45. The van der Waals surface area contributed by atoms with Crippen molar-refractivity contribution in [3.05, 3.63) is 0 Å². The molecule has 12 heavy (non-hydrogen) atoms. The smallest absolute Gasteiger partial charge is 0.253 e. The molecule has 4 heteroatoms. The third kappa shape index (κ3) is 2.14. The summed E-state index contributed by atoms with van der Waals surface area (Å²) in [6.07, 6.45) is 0.426. The van der Waals surface area contributed by atoms with Crippen molar-refractivity contribution >= 4 is 0 Å². The van der Waals surface area contributed by atoms with Crippen molar-refractivity contribution in [3.63, 3.8) is 0 Å². The van der Waals surface area contributed by atoms with Crippen molar-refractivity contribution in [2.24, 2.45) is 11.7 Å². The molecule has 2 nitrogen and oxygen atoms in total. The van der Waals surface area contributed by atoms with Gasteiger partial charge in [-0.1, -0.05) is 0 Å². The van der Waals surface area contributed by atoms with Crippen molar-refractivity contribution in [1.29, 1.82) is 0 Å². The third-order valence-corrected chi connectivity index (χ3v) is 2.47. The summed E-state index contributed by atoms with van der Waals surface area (Å²) in [5, 5.41) is 0. The number of likely N-dealkylation sites (tertiary alicyclic amines) is 1. The summed E-state index contributed by atoms with van der Waals surface area (Å²) < 4.78 is 26.4. The lowest BCUT2D eigenvalue weighted by Gasteiger charge is -2.22. The van der Waals surface area contributed by atoms with Crippen LogP contribution in [0.2, 0.25) is 0 Å². The molecule has 0 spiro atoms. The van der Waals surface area contributed by atoms with Gasteiger partial charge in [-0.05, 0) is 26.6 Å². The summed E-state index contributed by atoms with van der Waals surface area (Å²) in [6, 6.07) is 0. The van der Waals surface area contributed by atoms with Crippen LogP contribution in [0.25, 0.3) is 0 Å². The largest absolute Gasteiger partial charge is 0.330 e. The number of hydrogen-bond donors (Lipinski definition) is 1. The van der Waals surface area contributed by atoms with Crippen LogP contribution in [0.5, 0.6) is 0 Å². The first-order valence-electron chi connectivity index (χ1n) is 4.32. The Morgan fingerprint density at radius 1 is 1.58 bits per heavy atom. The molecule has 1 fully saturated rings. The maximum atomic E-state index is 13.2. The van der Waals surface area contributed by atoms with E-state index < -0.39 is 11.8 Å². The number of hydrogen-bond acceptors (Lipinski definition) is 2. The van der Waals surface area contributed by atoms with Crippen LogP contribution in [-0.2, 0) is 0 Å². The standard InChI is InChI=1S/C8H16F2N2/c1-12-5-2-7(6-12)8(9,10)3-4-11/h7H,2-6,11H2,1H3. The summed E-state index contributed by atoms with van der Waals surface area (Å²) in [4.78, 5) is 1.94. The second-order valence-corrected chi connectivity index (χ2v) is 3.55. The summed E-state index contributed by atoms with van der Waals surface area (Å²) >= 11 is 0. The fourth-order valence-corrected chi connectivity index (χ4v) is 1.68. The maximum Gasteiger partial charge on any atom is 0.253 e. The number of nitrogens with two attached hydrogens (primary N) is 1. The SMILES string of the molecule is CN1CCC(C(F)(F)CCN)C1. The van der Waals surface area contributed by atoms with Crippen molar-refractivity contribution in [2.75, 3.05) is 26.7 Å². The van der Waals surface area contributed by atoms with Crippen LogP contribution in [0, 0.1) is 5.92 Å². The molecule has 0 aliphatic carbocycles. The van der Waals surface area contributed by atoms with E-state index in [4.69, 9.17) is 5.73 Å². The molecule has 1 unspecified atom stereocenters. The van der Waals surface area contributed by atoms with Gasteiger partial charge in [-0.3, -0.25) is 0 Å². The molecule has 1 atom stereocenters. The molecule has 0 aromatic heterocycles. The average Bonchev–Trinajstić information content (AvgIpc) is 2.36. The molecular formula is C8H16F2N2. The van der Waals surface area contributed by atoms with Crippen LogP contribution < -0.4 is 5.73 Å². The first-order valence-corrected chi connectivity index (χ1v) is 4.32. The Morgan fingerprint density at radius 2 is 2.25 bits per heavy atom. The van der Waals surface area contributed by atoms with E-state index in [1.54, 1.807) is 0 Å². The Kier molecular flexibility index (Phi) is 3.01. The minimum atomic E-state index is -2.56. The van der Waals surface area contributed by atoms with Gasteiger partial charge in [-0.2, -0.15) is 0 Å². The molecular weight excluding hydrogens is 162 g/mol. The summed E-state index contributed by atoms with van der Waals surface area (Å²) in [6.45, 7) is 1.37. The zero-order valence-corrected chi connectivity index (χ0v) is 7.39.